The monoisotopic (exact) mass is 345 g/mol. The number of halogens is 1. The van der Waals surface area contributed by atoms with E-state index in [1.54, 1.807) is 4.90 Å². The molecule has 0 bridgehead atoms. The van der Waals surface area contributed by atoms with Gasteiger partial charge in [-0.1, -0.05) is 19.1 Å². The minimum atomic E-state index is -0.662. The second-order valence-corrected chi connectivity index (χ2v) is 5.75. The fourth-order valence-corrected chi connectivity index (χ4v) is 2.60. The molecule has 0 saturated carbocycles. The van der Waals surface area contributed by atoms with Crippen LogP contribution >= 0.6 is 22.6 Å². The zero-order chi connectivity index (χ0) is 12.6. The summed E-state index contributed by atoms with van der Waals surface area (Å²) >= 11 is 2.20. The molecule has 0 aromatic heterocycles. The van der Waals surface area contributed by atoms with Crippen molar-refractivity contribution in [3.05, 3.63) is 32.9 Å². The standard InChI is InChI=1S/C13H16INO2/c1-3-13(17)7-15(8-13)12(16)10-6-4-5-9(2)11(10)14/h4-6,17H,3,7-8H2,1-2H3. The first-order chi connectivity index (χ1) is 7.97. The molecule has 4 heteroatoms. The average Bonchev–Trinajstić information content (AvgIpc) is 2.28. The third-order valence-corrected chi connectivity index (χ3v) is 4.77. The van der Waals surface area contributed by atoms with Gasteiger partial charge in [-0.15, -0.1) is 0 Å². The summed E-state index contributed by atoms with van der Waals surface area (Å²) in [6.45, 7) is 4.84. The fourth-order valence-electron chi connectivity index (χ4n) is 2.01. The van der Waals surface area contributed by atoms with Gasteiger partial charge in [-0.05, 0) is 47.6 Å². The maximum Gasteiger partial charge on any atom is 0.255 e. The molecule has 1 aromatic rings. The number of amides is 1. The second-order valence-electron chi connectivity index (χ2n) is 4.68. The van der Waals surface area contributed by atoms with Gasteiger partial charge in [0, 0.05) is 3.57 Å². The highest BCUT2D eigenvalue weighted by molar-refractivity contribution is 14.1. The van der Waals surface area contributed by atoms with Crippen LogP contribution in [-0.2, 0) is 0 Å². The highest BCUT2D eigenvalue weighted by Crippen LogP contribution is 2.27. The van der Waals surface area contributed by atoms with Gasteiger partial charge in [-0.25, -0.2) is 0 Å². The molecule has 0 aliphatic carbocycles. The van der Waals surface area contributed by atoms with Gasteiger partial charge in [0.2, 0.25) is 0 Å². The van der Waals surface area contributed by atoms with Gasteiger partial charge in [0.25, 0.3) is 5.91 Å². The van der Waals surface area contributed by atoms with Crippen LogP contribution in [0.5, 0.6) is 0 Å². The lowest BCUT2D eigenvalue weighted by Gasteiger charge is -2.46. The number of carbonyl (C=O) groups is 1. The Hall–Kier alpha value is -0.620. The molecule has 0 atom stereocenters. The lowest BCUT2D eigenvalue weighted by Crippen LogP contribution is -2.63. The van der Waals surface area contributed by atoms with Crippen LogP contribution < -0.4 is 0 Å². The maximum absolute atomic E-state index is 12.2. The number of aryl methyl sites for hydroxylation is 1. The molecular formula is C13H16INO2. The minimum absolute atomic E-state index is 0.0243. The molecule has 3 nitrogen and oxygen atoms in total. The third kappa shape index (κ3) is 2.33. The van der Waals surface area contributed by atoms with E-state index in [9.17, 15) is 9.90 Å². The quantitative estimate of drug-likeness (QED) is 0.835. The third-order valence-electron chi connectivity index (χ3n) is 3.34. The molecule has 1 saturated heterocycles. The summed E-state index contributed by atoms with van der Waals surface area (Å²) in [6.07, 6.45) is 0.696. The Morgan fingerprint density at radius 1 is 1.53 bits per heavy atom. The smallest absolute Gasteiger partial charge is 0.255 e. The molecule has 0 unspecified atom stereocenters. The Morgan fingerprint density at radius 3 is 2.76 bits per heavy atom. The van der Waals surface area contributed by atoms with E-state index in [0.717, 1.165) is 14.7 Å². The topological polar surface area (TPSA) is 40.5 Å². The number of β-amino-alcohol motifs (C(OH)–C–C–N with tert-alkyl or cyclic N) is 1. The first-order valence-corrected chi connectivity index (χ1v) is 6.81. The predicted octanol–water partition coefficient (Wildman–Crippen LogP) is 2.20. The number of aliphatic hydroxyl groups is 1. The first kappa shape index (κ1) is 12.8. The van der Waals surface area contributed by atoms with Crippen molar-refractivity contribution >= 4 is 28.5 Å². The van der Waals surface area contributed by atoms with Crippen molar-refractivity contribution in [1.82, 2.24) is 4.90 Å². The van der Waals surface area contributed by atoms with E-state index in [1.165, 1.54) is 0 Å². The Balaban J connectivity index is 2.15. The van der Waals surface area contributed by atoms with E-state index < -0.39 is 5.60 Å². The number of benzene rings is 1. The number of likely N-dealkylation sites (tertiary alicyclic amines) is 1. The molecule has 2 rings (SSSR count). The molecular weight excluding hydrogens is 329 g/mol. The fraction of sp³-hybridized carbons (Fsp3) is 0.462. The Morgan fingerprint density at radius 2 is 2.18 bits per heavy atom. The number of hydrogen-bond donors (Lipinski definition) is 1. The van der Waals surface area contributed by atoms with Crippen molar-refractivity contribution in [2.75, 3.05) is 13.1 Å². The van der Waals surface area contributed by atoms with Gasteiger partial charge in [-0.2, -0.15) is 0 Å². The summed E-state index contributed by atoms with van der Waals surface area (Å²) in [5.41, 5.74) is 1.19. The Labute approximate surface area is 115 Å². The number of hydrogen-bond acceptors (Lipinski definition) is 2. The zero-order valence-corrected chi connectivity index (χ0v) is 12.2. The van der Waals surface area contributed by atoms with Crippen LogP contribution in [0.3, 0.4) is 0 Å². The van der Waals surface area contributed by atoms with Crippen LogP contribution in [0.4, 0.5) is 0 Å². The summed E-state index contributed by atoms with van der Waals surface area (Å²) in [5, 5.41) is 9.91. The molecule has 0 spiro atoms. The first-order valence-electron chi connectivity index (χ1n) is 5.73. The summed E-state index contributed by atoms with van der Waals surface area (Å²) in [5.74, 6) is 0.0243. The molecule has 1 amide bonds. The number of nitrogens with zero attached hydrogens (tertiary/aromatic N) is 1. The van der Waals surface area contributed by atoms with Gasteiger partial charge >= 0.3 is 0 Å². The van der Waals surface area contributed by atoms with Crippen LogP contribution in [0.2, 0.25) is 0 Å². The van der Waals surface area contributed by atoms with E-state index >= 15 is 0 Å². The lowest BCUT2D eigenvalue weighted by atomic mass is 9.90. The molecule has 1 fully saturated rings. The van der Waals surface area contributed by atoms with Crippen molar-refractivity contribution in [1.29, 1.82) is 0 Å². The average molecular weight is 345 g/mol. The van der Waals surface area contributed by atoms with E-state index in [1.807, 2.05) is 32.0 Å². The van der Waals surface area contributed by atoms with Crippen LogP contribution in [0.25, 0.3) is 0 Å². The van der Waals surface area contributed by atoms with Crippen molar-refractivity contribution < 1.29 is 9.90 Å². The SMILES string of the molecule is CCC1(O)CN(C(=O)c2cccc(C)c2I)C1. The highest BCUT2D eigenvalue weighted by Gasteiger charge is 2.42. The van der Waals surface area contributed by atoms with E-state index in [0.29, 0.717) is 19.5 Å². The Bertz CT molecular complexity index is 453. The van der Waals surface area contributed by atoms with Crippen molar-refractivity contribution in [3.63, 3.8) is 0 Å². The summed E-state index contributed by atoms with van der Waals surface area (Å²) in [4.78, 5) is 13.9. The maximum atomic E-state index is 12.2. The minimum Gasteiger partial charge on any atom is -0.386 e. The lowest BCUT2D eigenvalue weighted by molar-refractivity contribution is -0.0826. The predicted molar refractivity (Wildman–Crippen MR) is 75.0 cm³/mol. The summed E-state index contributed by atoms with van der Waals surface area (Å²) in [6, 6.07) is 5.74. The highest BCUT2D eigenvalue weighted by atomic mass is 127. The van der Waals surface area contributed by atoms with Gasteiger partial charge in [0.05, 0.1) is 24.3 Å². The molecule has 1 aliphatic heterocycles. The number of rotatable bonds is 2. The van der Waals surface area contributed by atoms with Gasteiger partial charge < -0.3 is 10.0 Å². The summed E-state index contributed by atoms with van der Waals surface area (Å²) in [7, 11) is 0. The summed E-state index contributed by atoms with van der Waals surface area (Å²) < 4.78 is 1.00. The van der Waals surface area contributed by atoms with Crippen molar-refractivity contribution in [3.8, 4) is 0 Å². The van der Waals surface area contributed by atoms with E-state index in [4.69, 9.17) is 0 Å². The molecule has 1 aliphatic rings. The van der Waals surface area contributed by atoms with Crippen molar-refractivity contribution in [2.45, 2.75) is 25.9 Å². The molecule has 1 aromatic carbocycles. The van der Waals surface area contributed by atoms with E-state index in [2.05, 4.69) is 22.6 Å². The van der Waals surface area contributed by atoms with Crippen molar-refractivity contribution in [2.24, 2.45) is 0 Å². The zero-order valence-electron chi connectivity index (χ0n) is 10.0. The number of carbonyl (C=O) groups excluding carboxylic acids is 1. The van der Waals surface area contributed by atoms with Crippen LogP contribution in [0.15, 0.2) is 18.2 Å². The second kappa shape index (κ2) is 4.57. The molecule has 17 heavy (non-hydrogen) atoms. The van der Waals surface area contributed by atoms with Crippen LogP contribution in [-0.4, -0.2) is 34.6 Å². The largest absolute Gasteiger partial charge is 0.386 e. The van der Waals surface area contributed by atoms with Crippen LogP contribution in [0.1, 0.15) is 29.3 Å². The molecule has 1 N–H and O–H groups in total. The molecule has 0 radical (unpaired) electrons. The van der Waals surface area contributed by atoms with Crippen LogP contribution in [0, 0.1) is 10.5 Å². The molecule has 92 valence electrons. The van der Waals surface area contributed by atoms with Gasteiger partial charge in [0.1, 0.15) is 0 Å². The van der Waals surface area contributed by atoms with Gasteiger partial charge in [-0.3, -0.25) is 4.79 Å². The normalized spacial score (nSPS) is 17.8. The molecule has 1 heterocycles. The van der Waals surface area contributed by atoms with Gasteiger partial charge in [0.15, 0.2) is 0 Å². The Kier molecular flexibility index (Phi) is 3.45. The van der Waals surface area contributed by atoms with E-state index in [-0.39, 0.29) is 5.91 Å².